The van der Waals surface area contributed by atoms with Crippen LogP contribution in [0.5, 0.6) is 28.7 Å². The van der Waals surface area contributed by atoms with E-state index in [1.807, 2.05) is 19.1 Å². The Morgan fingerprint density at radius 3 is 2.00 bits per heavy atom. The molecule has 2 aromatic rings. The summed E-state index contributed by atoms with van der Waals surface area (Å²) in [5.41, 5.74) is 1.48. The van der Waals surface area contributed by atoms with E-state index in [2.05, 4.69) is 0 Å². The zero-order valence-electron chi connectivity index (χ0n) is 20.6. The van der Waals surface area contributed by atoms with Crippen LogP contribution < -0.4 is 23.7 Å². The van der Waals surface area contributed by atoms with Gasteiger partial charge in [-0.1, -0.05) is 6.92 Å². The number of benzene rings is 2. The molecular weight excluding hydrogens is 476 g/mol. The van der Waals surface area contributed by atoms with Crippen molar-refractivity contribution in [3.63, 3.8) is 0 Å². The molecule has 0 aliphatic carbocycles. The first-order valence-corrected chi connectivity index (χ1v) is 12.4. The second-order valence-electron chi connectivity index (χ2n) is 8.07. The number of carbonyl (C=O) groups is 1. The molecule has 0 spiro atoms. The molecule has 0 bridgehead atoms. The highest BCUT2D eigenvalue weighted by Gasteiger charge is 2.31. The molecule has 2 aromatic carbocycles. The van der Waals surface area contributed by atoms with Gasteiger partial charge >= 0.3 is 0 Å². The lowest BCUT2D eigenvalue weighted by Crippen LogP contribution is -2.11. The summed E-state index contributed by atoms with van der Waals surface area (Å²) in [6.45, 7) is 3.42. The fourth-order valence-electron chi connectivity index (χ4n) is 3.95. The average molecular weight is 508 g/mol. The maximum atomic E-state index is 12.0. The van der Waals surface area contributed by atoms with Crippen molar-refractivity contribution in [3.8, 4) is 28.7 Å². The van der Waals surface area contributed by atoms with Gasteiger partial charge in [0.2, 0.25) is 5.75 Å². The third-order valence-corrected chi connectivity index (χ3v) is 6.22. The van der Waals surface area contributed by atoms with E-state index in [0.717, 1.165) is 5.56 Å². The molecule has 0 saturated carbocycles. The van der Waals surface area contributed by atoms with Crippen molar-refractivity contribution in [1.29, 1.82) is 0 Å². The van der Waals surface area contributed by atoms with Crippen molar-refractivity contribution in [2.45, 2.75) is 50.2 Å². The molecule has 10 heteroatoms. The van der Waals surface area contributed by atoms with E-state index in [-0.39, 0.29) is 41.0 Å². The van der Waals surface area contributed by atoms with Crippen LogP contribution in [-0.2, 0) is 20.6 Å². The highest BCUT2D eigenvalue weighted by atomic mass is 32.2. The molecule has 0 aromatic heterocycles. The molecular formula is C25H31O9S-. The topological polar surface area (TPSA) is 113 Å². The molecule has 1 aliphatic rings. The number of ketones is 1. The smallest absolute Gasteiger partial charge is 0.203 e. The Labute approximate surface area is 207 Å². The zero-order chi connectivity index (χ0) is 25.5. The molecule has 1 saturated heterocycles. The van der Waals surface area contributed by atoms with Crippen molar-refractivity contribution in [3.05, 3.63) is 35.4 Å². The Bertz CT molecular complexity index is 1040. The summed E-state index contributed by atoms with van der Waals surface area (Å²) >= 11 is -2.58. The van der Waals surface area contributed by atoms with E-state index in [9.17, 15) is 13.6 Å². The Morgan fingerprint density at radius 2 is 1.51 bits per heavy atom. The van der Waals surface area contributed by atoms with E-state index in [1.165, 1.54) is 13.0 Å². The zero-order valence-corrected chi connectivity index (χ0v) is 21.4. The highest BCUT2D eigenvalue weighted by Crippen LogP contribution is 2.47. The van der Waals surface area contributed by atoms with Crippen LogP contribution in [0.1, 0.15) is 56.4 Å². The molecule has 0 N–H and O–H groups in total. The summed E-state index contributed by atoms with van der Waals surface area (Å²) in [5, 5.41) is 0. The monoisotopic (exact) mass is 507 g/mol. The fraction of sp³-hybridized carbons (Fsp3) is 0.480. The van der Waals surface area contributed by atoms with E-state index in [4.69, 9.17) is 28.4 Å². The van der Waals surface area contributed by atoms with Gasteiger partial charge in [-0.05, 0) is 72.7 Å². The second-order valence-corrected chi connectivity index (χ2v) is 8.98. The van der Waals surface area contributed by atoms with Gasteiger partial charge in [-0.3, -0.25) is 9.00 Å². The van der Waals surface area contributed by atoms with Gasteiger partial charge < -0.3 is 33.0 Å². The van der Waals surface area contributed by atoms with Crippen LogP contribution in [-0.4, -0.2) is 49.1 Å². The van der Waals surface area contributed by atoms with Crippen molar-refractivity contribution in [2.24, 2.45) is 0 Å². The second kappa shape index (κ2) is 12.2. The van der Waals surface area contributed by atoms with Crippen molar-refractivity contribution >= 4 is 16.9 Å². The number of Topliss-reactive ketones (excluding diaryl/α,β-unsaturated/α-hetero) is 1. The minimum Gasteiger partial charge on any atom is -0.768 e. The van der Waals surface area contributed by atoms with Crippen LogP contribution in [0.2, 0.25) is 0 Å². The lowest BCUT2D eigenvalue weighted by Gasteiger charge is -2.22. The lowest BCUT2D eigenvalue weighted by atomic mass is 10.0. The highest BCUT2D eigenvalue weighted by molar-refractivity contribution is 7.79. The number of carbonyl (C=O) groups excluding carboxylic acids is 1. The van der Waals surface area contributed by atoms with E-state index < -0.39 is 11.1 Å². The number of ether oxygens (including phenoxy) is 6. The van der Waals surface area contributed by atoms with Crippen LogP contribution in [0.4, 0.5) is 0 Å². The predicted molar refractivity (Wildman–Crippen MR) is 127 cm³/mol. The minimum atomic E-state index is -2.58. The SMILES string of the molecule is CCCOc1c(OCC(C)=O)cc([C@@H]2CC[C@@H](c3cc(OC)c(OC)c(OC)c3)O2)cc1S(=O)[O-]. The van der Waals surface area contributed by atoms with Crippen LogP contribution >= 0.6 is 0 Å². The first-order valence-electron chi connectivity index (χ1n) is 11.3. The fourth-order valence-corrected chi connectivity index (χ4v) is 4.50. The molecule has 35 heavy (non-hydrogen) atoms. The number of methoxy groups -OCH3 is 3. The number of hydrogen-bond acceptors (Lipinski definition) is 9. The minimum absolute atomic E-state index is 0.0330. The molecule has 1 unspecified atom stereocenters. The largest absolute Gasteiger partial charge is 0.768 e. The van der Waals surface area contributed by atoms with Gasteiger partial charge in [-0.15, -0.1) is 0 Å². The normalized spacial score (nSPS) is 18.1. The Balaban J connectivity index is 1.94. The average Bonchev–Trinajstić information content (AvgIpc) is 3.35. The maximum Gasteiger partial charge on any atom is 0.203 e. The van der Waals surface area contributed by atoms with Gasteiger partial charge in [-0.2, -0.15) is 0 Å². The van der Waals surface area contributed by atoms with Crippen LogP contribution in [0.15, 0.2) is 29.2 Å². The van der Waals surface area contributed by atoms with Crippen molar-refractivity contribution < 1.29 is 42.0 Å². The van der Waals surface area contributed by atoms with Crippen molar-refractivity contribution in [2.75, 3.05) is 34.5 Å². The van der Waals surface area contributed by atoms with Gasteiger partial charge in [0.25, 0.3) is 0 Å². The summed E-state index contributed by atoms with van der Waals surface area (Å²) in [6.07, 6.45) is 1.36. The maximum absolute atomic E-state index is 12.0. The molecule has 3 rings (SSSR count). The molecule has 192 valence electrons. The third kappa shape index (κ3) is 6.25. The Hall–Kier alpha value is -2.82. The molecule has 1 fully saturated rings. The summed E-state index contributed by atoms with van der Waals surface area (Å²) in [7, 11) is 4.64. The number of rotatable bonds is 12. The van der Waals surface area contributed by atoms with Gasteiger partial charge in [0.05, 0.1) is 45.0 Å². The molecule has 0 amide bonds. The standard InChI is InChI=1S/C25H32O9S/c1-6-9-32-25-22(33-14-15(2)26)12-17(13-23(25)35(27)28)19-8-7-18(34-19)16-10-20(29-3)24(31-5)21(11-16)30-4/h10-13,18-19H,6-9,14H2,1-5H3,(H,27,28)/p-1/t18-,19-/m0/s1. The van der Waals surface area contributed by atoms with Crippen molar-refractivity contribution in [1.82, 2.24) is 0 Å². The van der Waals surface area contributed by atoms with Gasteiger partial charge in [0.15, 0.2) is 28.8 Å². The summed E-state index contributed by atoms with van der Waals surface area (Å²) in [5.74, 6) is 1.65. The lowest BCUT2D eigenvalue weighted by molar-refractivity contribution is -0.118. The molecule has 0 radical (unpaired) electrons. The number of hydrogen-bond donors (Lipinski definition) is 0. The van der Waals surface area contributed by atoms with Crippen LogP contribution in [0.25, 0.3) is 0 Å². The van der Waals surface area contributed by atoms with E-state index in [1.54, 1.807) is 27.4 Å². The third-order valence-electron chi connectivity index (χ3n) is 5.55. The Kier molecular flexibility index (Phi) is 9.36. The van der Waals surface area contributed by atoms with E-state index in [0.29, 0.717) is 48.7 Å². The predicted octanol–water partition coefficient (Wildman–Crippen LogP) is 4.30. The summed E-state index contributed by atoms with van der Waals surface area (Å²) in [4.78, 5) is 11.5. The summed E-state index contributed by atoms with van der Waals surface area (Å²) in [6, 6.07) is 6.91. The first kappa shape index (κ1) is 26.8. The van der Waals surface area contributed by atoms with Crippen LogP contribution in [0.3, 0.4) is 0 Å². The summed E-state index contributed by atoms with van der Waals surface area (Å²) < 4.78 is 58.0. The molecule has 1 aliphatic heterocycles. The first-order chi connectivity index (χ1) is 16.8. The Morgan fingerprint density at radius 1 is 0.943 bits per heavy atom. The molecule has 1 heterocycles. The molecule has 3 atom stereocenters. The van der Waals surface area contributed by atoms with Crippen LogP contribution in [0, 0.1) is 0 Å². The molecule has 9 nitrogen and oxygen atoms in total. The quantitative estimate of drug-likeness (QED) is 0.388. The van der Waals surface area contributed by atoms with E-state index >= 15 is 0 Å². The van der Waals surface area contributed by atoms with Gasteiger partial charge in [0, 0.05) is 0 Å². The van der Waals surface area contributed by atoms with Gasteiger partial charge in [-0.25, -0.2) is 0 Å². The van der Waals surface area contributed by atoms with Gasteiger partial charge in [0.1, 0.15) is 6.61 Å².